The predicted molar refractivity (Wildman–Crippen MR) is 96.2 cm³/mol. The van der Waals surface area contributed by atoms with Crippen LogP contribution in [0.1, 0.15) is 12.0 Å². The summed E-state index contributed by atoms with van der Waals surface area (Å²) >= 11 is 1.08. The highest BCUT2D eigenvalue weighted by atomic mass is 32.2. The van der Waals surface area contributed by atoms with Gasteiger partial charge in [-0.25, -0.2) is 0 Å². The molecule has 1 aromatic rings. The molecule has 130 valence electrons. The maximum atomic E-state index is 11.8. The van der Waals surface area contributed by atoms with Crippen molar-refractivity contribution < 1.29 is 19.5 Å². The summed E-state index contributed by atoms with van der Waals surface area (Å²) in [4.78, 5) is 33.7. The standard InChI is InChI=1S/C16H16N4O4S/c21-13(17-10-14(22)23)9-12-15(24)19-16(25-12)20-18-8-4-7-11-5-2-1-3-6-11/h1-8,12H,9-10H2,(H,17,21)(H,22,23)(H,19,20,24)/b7-4+,18-8+. The van der Waals surface area contributed by atoms with Gasteiger partial charge in [0.05, 0.1) is 0 Å². The van der Waals surface area contributed by atoms with Crippen LogP contribution >= 0.6 is 11.8 Å². The summed E-state index contributed by atoms with van der Waals surface area (Å²) < 4.78 is 0. The van der Waals surface area contributed by atoms with Crippen molar-refractivity contribution in [1.29, 1.82) is 0 Å². The highest BCUT2D eigenvalue weighted by Gasteiger charge is 2.32. The van der Waals surface area contributed by atoms with Gasteiger partial charge in [-0.15, -0.1) is 5.10 Å². The molecule has 2 amide bonds. The minimum absolute atomic E-state index is 0.125. The monoisotopic (exact) mass is 360 g/mol. The summed E-state index contributed by atoms with van der Waals surface area (Å²) in [5.41, 5.74) is 1.03. The van der Waals surface area contributed by atoms with E-state index < -0.39 is 23.7 Å². The Morgan fingerprint density at radius 3 is 2.80 bits per heavy atom. The lowest BCUT2D eigenvalue weighted by Gasteiger charge is -2.04. The molecule has 1 aliphatic heterocycles. The summed E-state index contributed by atoms with van der Waals surface area (Å²) in [6, 6.07) is 9.67. The van der Waals surface area contributed by atoms with Crippen LogP contribution in [0.25, 0.3) is 6.08 Å². The van der Waals surface area contributed by atoms with Gasteiger partial charge in [-0.2, -0.15) is 5.10 Å². The van der Waals surface area contributed by atoms with Gasteiger partial charge < -0.3 is 15.7 Å². The van der Waals surface area contributed by atoms with E-state index in [0.717, 1.165) is 17.3 Å². The molecule has 0 radical (unpaired) electrons. The largest absolute Gasteiger partial charge is 0.480 e. The lowest BCUT2D eigenvalue weighted by Crippen LogP contribution is -2.33. The van der Waals surface area contributed by atoms with E-state index in [0.29, 0.717) is 5.17 Å². The van der Waals surface area contributed by atoms with Gasteiger partial charge in [-0.1, -0.05) is 48.2 Å². The number of carbonyl (C=O) groups excluding carboxylic acids is 2. The van der Waals surface area contributed by atoms with Crippen molar-refractivity contribution in [3.8, 4) is 0 Å². The van der Waals surface area contributed by atoms with Crippen molar-refractivity contribution in [3.63, 3.8) is 0 Å². The fourth-order valence-corrected chi connectivity index (χ4v) is 2.77. The molecule has 1 saturated heterocycles. The van der Waals surface area contributed by atoms with Gasteiger partial charge in [-0.05, 0) is 11.6 Å². The first-order valence-electron chi connectivity index (χ1n) is 7.33. The van der Waals surface area contributed by atoms with Gasteiger partial charge in [0.1, 0.15) is 11.8 Å². The SMILES string of the molecule is O=C(O)CNC(=O)CC1S/C(=N/N=C/C=C/c2ccccc2)NC1=O. The molecule has 9 heteroatoms. The lowest BCUT2D eigenvalue weighted by molar-refractivity contribution is -0.137. The Hall–Kier alpha value is -2.94. The molecule has 25 heavy (non-hydrogen) atoms. The van der Waals surface area contributed by atoms with E-state index in [2.05, 4.69) is 20.8 Å². The molecule has 3 N–H and O–H groups in total. The maximum absolute atomic E-state index is 11.8. The number of aliphatic carboxylic acids is 1. The van der Waals surface area contributed by atoms with E-state index in [9.17, 15) is 14.4 Å². The second-order valence-electron chi connectivity index (χ2n) is 4.91. The first-order valence-corrected chi connectivity index (χ1v) is 8.21. The summed E-state index contributed by atoms with van der Waals surface area (Å²) in [5.74, 6) is -2.01. The van der Waals surface area contributed by atoms with E-state index in [-0.39, 0.29) is 12.3 Å². The highest BCUT2D eigenvalue weighted by molar-refractivity contribution is 8.15. The molecule has 0 saturated carbocycles. The molecule has 1 fully saturated rings. The Bertz CT molecular complexity index is 731. The third-order valence-corrected chi connectivity index (χ3v) is 4.05. The van der Waals surface area contributed by atoms with Gasteiger partial charge in [0.2, 0.25) is 11.8 Å². The molecule has 0 spiro atoms. The number of carbonyl (C=O) groups is 3. The van der Waals surface area contributed by atoms with Crippen LogP contribution in [0, 0.1) is 0 Å². The quantitative estimate of drug-likeness (QED) is 0.492. The van der Waals surface area contributed by atoms with Crippen LogP contribution in [0.15, 0.2) is 46.6 Å². The Balaban J connectivity index is 1.81. The zero-order chi connectivity index (χ0) is 18.1. The maximum Gasteiger partial charge on any atom is 0.322 e. The van der Waals surface area contributed by atoms with Crippen LogP contribution in [0.3, 0.4) is 0 Å². The van der Waals surface area contributed by atoms with Gasteiger partial charge in [0.15, 0.2) is 5.17 Å². The smallest absolute Gasteiger partial charge is 0.322 e. The summed E-state index contributed by atoms with van der Waals surface area (Å²) in [5, 5.41) is 20.6. The molecular formula is C16H16N4O4S. The number of amides is 2. The van der Waals surface area contributed by atoms with Gasteiger partial charge >= 0.3 is 5.97 Å². The van der Waals surface area contributed by atoms with E-state index in [1.807, 2.05) is 36.4 Å². The Morgan fingerprint density at radius 2 is 2.08 bits per heavy atom. The molecular weight excluding hydrogens is 344 g/mol. The van der Waals surface area contributed by atoms with E-state index >= 15 is 0 Å². The van der Waals surface area contributed by atoms with Crippen molar-refractivity contribution in [2.45, 2.75) is 11.7 Å². The van der Waals surface area contributed by atoms with Crippen LogP contribution < -0.4 is 10.6 Å². The first-order chi connectivity index (χ1) is 12.0. The molecule has 8 nitrogen and oxygen atoms in total. The van der Waals surface area contributed by atoms with Crippen LogP contribution in [0.5, 0.6) is 0 Å². The fraction of sp³-hybridized carbons (Fsp3) is 0.188. The number of nitrogens with zero attached hydrogens (tertiary/aromatic N) is 2. The van der Waals surface area contributed by atoms with Crippen molar-refractivity contribution in [2.24, 2.45) is 10.2 Å². The molecule has 1 aliphatic rings. The molecule has 0 aliphatic carbocycles. The average Bonchev–Trinajstić information content (AvgIpc) is 2.93. The number of carboxylic acid groups (broad SMARTS) is 1. The van der Waals surface area contributed by atoms with Crippen LogP contribution in [0.4, 0.5) is 0 Å². The van der Waals surface area contributed by atoms with E-state index in [1.165, 1.54) is 6.21 Å². The van der Waals surface area contributed by atoms with E-state index in [4.69, 9.17) is 5.11 Å². The molecule has 1 aromatic carbocycles. The van der Waals surface area contributed by atoms with Crippen LogP contribution in [0.2, 0.25) is 0 Å². The second-order valence-corrected chi connectivity index (χ2v) is 6.10. The molecule has 1 atom stereocenters. The predicted octanol–water partition coefficient (Wildman–Crippen LogP) is 0.864. The van der Waals surface area contributed by atoms with Crippen molar-refractivity contribution >= 4 is 47.0 Å². The minimum Gasteiger partial charge on any atom is -0.480 e. The number of carboxylic acids is 1. The lowest BCUT2D eigenvalue weighted by atomic mass is 10.2. The summed E-state index contributed by atoms with van der Waals surface area (Å²) in [7, 11) is 0. The molecule has 1 unspecified atom stereocenters. The third kappa shape index (κ3) is 6.60. The zero-order valence-corrected chi connectivity index (χ0v) is 13.9. The number of hydrogen-bond donors (Lipinski definition) is 3. The zero-order valence-electron chi connectivity index (χ0n) is 13.1. The number of nitrogens with one attached hydrogen (secondary N) is 2. The molecule has 0 bridgehead atoms. The summed E-state index contributed by atoms with van der Waals surface area (Å²) in [6.45, 7) is -0.475. The highest BCUT2D eigenvalue weighted by Crippen LogP contribution is 2.22. The Morgan fingerprint density at radius 1 is 1.32 bits per heavy atom. The molecule has 0 aromatic heterocycles. The van der Waals surface area contributed by atoms with Crippen molar-refractivity contribution in [2.75, 3.05) is 6.54 Å². The fourth-order valence-electron chi connectivity index (χ4n) is 1.84. The van der Waals surface area contributed by atoms with Crippen LogP contribution in [-0.2, 0) is 14.4 Å². The third-order valence-electron chi connectivity index (χ3n) is 2.97. The van der Waals surface area contributed by atoms with E-state index in [1.54, 1.807) is 6.08 Å². The average molecular weight is 360 g/mol. The van der Waals surface area contributed by atoms with Gasteiger partial charge in [-0.3, -0.25) is 14.4 Å². The number of thioether (sulfide) groups is 1. The van der Waals surface area contributed by atoms with Crippen molar-refractivity contribution in [3.05, 3.63) is 42.0 Å². The normalized spacial score (nSPS) is 18.8. The van der Waals surface area contributed by atoms with Crippen molar-refractivity contribution in [1.82, 2.24) is 10.6 Å². The number of benzene rings is 1. The topological polar surface area (TPSA) is 120 Å². The minimum atomic E-state index is -1.14. The number of hydrogen-bond acceptors (Lipinski definition) is 6. The number of allylic oxidation sites excluding steroid dienone is 1. The Kier molecular flexibility index (Phi) is 6.90. The first kappa shape index (κ1) is 18.4. The second kappa shape index (κ2) is 9.38. The molecule has 1 heterocycles. The number of amidine groups is 1. The van der Waals surface area contributed by atoms with Gasteiger partial charge in [0, 0.05) is 12.6 Å². The molecule has 2 rings (SSSR count). The number of rotatable bonds is 7. The Labute approximate surface area is 148 Å². The van der Waals surface area contributed by atoms with Gasteiger partial charge in [0.25, 0.3) is 0 Å². The summed E-state index contributed by atoms with van der Waals surface area (Å²) in [6.07, 6.45) is 4.94. The van der Waals surface area contributed by atoms with Crippen LogP contribution in [-0.4, -0.2) is 46.1 Å².